The van der Waals surface area contributed by atoms with Gasteiger partial charge in [0.05, 0.1) is 11.9 Å². The Kier molecular flexibility index (Phi) is 8.47. The molecule has 0 fully saturated rings. The van der Waals surface area contributed by atoms with Crippen molar-refractivity contribution in [1.29, 1.82) is 0 Å². The Morgan fingerprint density at radius 1 is 1.06 bits per heavy atom. The number of para-hydroxylation sites is 1. The van der Waals surface area contributed by atoms with Crippen molar-refractivity contribution >= 4 is 43.5 Å². The Hall–Kier alpha value is -2.39. The summed E-state index contributed by atoms with van der Waals surface area (Å²) in [6.45, 7) is 6.97. The van der Waals surface area contributed by atoms with Crippen molar-refractivity contribution in [2.24, 2.45) is 0 Å². The highest BCUT2D eigenvalue weighted by Crippen LogP contribution is 2.20. The van der Waals surface area contributed by atoms with Crippen LogP contribution in [0.25, 0.3) is 0 Å². The van der Waals surface area contributed by atoms with Crippen LogP contribution < -0.4 is 9.62 Å². The quantitative estimate of drug-likeness (QED) is 0.573. The summed E-state index contributed by atoms with van der Waals surface area (Å²) >= 11 is 3.42. The van der Waals surface area contributed by atoms with Gasteiger partial charge in [0.2, 0.25) is 21.8 Å². The maximum absolute atomic E-state index is 13.4. The van der Waals surface area contributed by atoms with E-state index in [2.05, 4.69) is 21.2 Å². The monoisotopic (exact) mass is 523 g/mol. The smallest absolute Gasteiger partial charge is 0.244 e. The molecule has 2 amide bonds. The number of carbonyl (C=O) groups excluding carboxylic acids is 2. The van der Waals surface area contributed by atoms with E-state index in [9.17, 15) is 18.0 Å². The summed E-state index contributed by atoms with van der Waals surface area (Å²) in [5.41, 5.74) is 0.727. The van der Waals surface area contributed by atoms with Gasteiger partial charge in [0.1, 0.15) is 12.6 Å². The molecular weight excluding hydrogens is 494 g/mol. The predicted molar refractivity (Wildman–Crippen MR) is 131 cm³/mol. The second-order valence-electron chi connectivity index (χ2n) is 8.67. The van der Waals surface area contributed by atoms with E-state index in [0.29, 0.717) is 5.69 Å². The lowest BCUT2D eigenvalue weighted by Gasteiger charge is -2.33. The van der Waals surface area contributed by atoms with Crippen LogP contribution in [0.2, 0.25) is 0 Å². The minimum absolute atomic E-state index is 0.156. The minimum atomic E-state index is -3.72. The second-order valence-corrected chi connectivity index (χ2v) is 11.5. The van der Waals surface area contributed by atoms with Crippen molar-refractivity contribution in [3.63, 3.8) is 0 Å². The normalized spacial score (nSPS) is 12.7. The first kappa shape index (κ1) is 25.9. The van der Waals surface area contributed by atoms with Gasteiger partial charge in [-0.1, -0.05) is 46.3 Å². The lowest BCUT2D eigenvalue weighted by atomic mass is 10.1. The molecule has 1 N–H and O–H groups in total. The molecular formula is C23H30BrN3O4S. The average Bonchev–Trinajstić information content (AvgIpc) is 2.68. The Morgan fingerprint density at radius 3 is 2.22 bits per heavy atom. The molecule has 174 valence electrons. The number of carbonyl (C=O) groups is 2. The van der Waals surface area contributed by atoms with Crippen LogP contribution in [0.15, 0.2) is 59.1 Å². The van der Waals surface area contributed by atoms with E-state index in [-0.39, 0.29) is 12.5 Å². The highest BCUT2D eigenvalue weighted by atomic mass is 79.9. The van der Waals surface area contributed by atoms with Gasteiger partial charge in [-0.3, -0.25) is 13.9 Å². The third-order valence-corrected chi connectivity index (χ3v) is 6.26. The van der Waals surface area contributed by atoms with E-state index in [1.54, 1.807) is 37.3 Å². The van der Waals surface area contributed by atoms with Crippen LogP contribution in [0.5, 0.6) is 0 Å². The molecule has 9 heteroatoms. The molecule has 2 rings (SSSR count). The third-order valence-electron chi connectivity index (χ3n) is 4.63. The molecule has 2 aromatic carbocycles. The fourth-order valence-electron chi connectivity index (χ4n) is 3.10. The van der Waals surface area contributed by atoms with Gasteiger partial charge in [0.15, 0.2) is 0 Å². The summed E-state index contributed by atoms with van der Waals surface area (Å²) in [4.78, 5) is 27.7. The Labute approximate surface area is 199 Å². The fraction of sp³-hybridized carbons (Fsp3) is 0.391. The number of benzene rings is 2. The number of nitrogens with zero attached hydrogens (tertiary/aromatic N) is 2. The van der Waals surface area contributed by atoms with Crippen LogP contribution in [0.1, 0.15) is 33.3 Å². The topological polar surface area (TPSA) is 86.8 Å². The van der Waals surface area contributed by atoms with E-state index in [1.165, 1.54) is 4.90 Å². The first-order chi connectivity index (χ1) is 14.8. The van der Waals surface area contributed by atoms with Crippen LogP contribution in [0, 0.1) is 0 Å². The van der Waals surface area contributed by atoms with Crippen LogP contribution in [-0.2, 0) is 26.2 Å². The Morgan fingerprint density at radius 2 is 1.69 bits per heavy atom. The van der Waals surface area contributed by atoms with E-state index in [0.717, 1.165) is 20.6 Å². The molecule has 32 heavy (non-hydrogen) atoms. The molecule has 0 saturated carbocycles. The summed E-state index contributed by atoms with van der Waals surface area (Å²) in [7, 11) is -3.72. The van der Waals surface area contributed by atoms with Gasteiger partial charge < -0.3 is 10.2 Å². The van der Waals surface area contributed by atoms with Gasteiger partial charge in [0, 0.05) is 16.6 Å². The summed E-state index contributed by atoms with van der Waals surface area (Å²) in [6.07, 6.45) is 1.06. The largest absolute Gasteiger partial charge is 0.350 e. The lowest BCUT2D eigenvalue weighted by molar-refractivity contribution is -0.140. The number of nitrogens with one attached hydrogen (secondary N) is 1. The third kappa shape index (κ3) is 7.63. The zero-order chi connectivity index (χ0) is 24.1. The van der Waals surface area contributed by atoms with E-state index >= 15 is 0 Å². The Balaban J connectivity index is 2.38. The number of anilines is 1. The molecule has 0 aliphatic heterocycles. The maximum Gasteiger partial charge on any atom is 0.244 e. The molecule has 0 saturated heterocycles. The first-order valence-corrected chi connectivity index (χ1v) is 12.8. The summed E-state index contributed by atoms with van der Waals surface area (Å²) in [5.74, 6) is -0.790. The highest BCUT2D eigenvalue weighted by molar-refractivity contribution is 9.10. The number of hydrogen-bond donors (Lipinski definition) is 1. The fourth-order valence-corrected chi connectivity index (χ4v) is 4.39. The van der Waals surface area contributed by atoms with Crippen molar-refractivity contribution < 1.29 is 18.0 Å². The average molecular weight is 524 g/mol. The van der Waals surface area contributed by atoms with Crippen molar-refractivity contribution in [2.45, 2.75) is 45.8 Å². The van der Waals surface area contributed by atoms with Gasteiger partial charge in [-0.2, -0.15) is 0 Å². The number of rotatable bonds is 8. The van der Waals surface area contributed by atoms with E-state index < -0.39 is 34.1 Å². The molecule has 1 atom stereocenters. The summed E-state index contributed by atoms with van der Waals surface area (Å²) < 4.78 is 26.8. The molecule has 0 heterocycles. The maximum atomic E-state index is 13.4. The molecule has 7 nitrogen and oxygen atoms in total. The van der Waals surface area contributed by atoms with Crippen molar-refractivity contribution in [3.8, 4) is 0 Å². The zero-order valence-corrected chi connectivity index (χ0v) is 21.4. The number of halogens is 1. The van der Waals surface area contributed by atoms with Crippen molar-refractivity contribution in [3.05, 3.63) is 64.6 Å². The van der Waals surface area contributed by atoms with Crippen LogP contribution in [-0.4, -0.2) is 49.5 Å². The minimum Gasteiger partial charge on any atom is -0.350 e. The highest BCUT2D eigenvalue weighted by Gasteiger charge is 2.31. The first-order valence-electron chi connectivity index (χ1n) is 10.2. The number of hydrogen-bond acceptors (Lipinski definition) is 4. The van der Waals surface area contributed by atoms with Gasteiger partial charge in [-0.05, 0) is 57.5 Å². The molecule has 0 spiro atoms. The molecule has 0 unspecified atom stereocenters. The van der Waals surface area contributed by atoms with E-state index in [1.807, 2.05) is 45.0 Å². The SMILES string of the molecule is C[C@@H](C(=O)NC(C)(C)C)N(Cc1cccc(Br)c1)C(=O)CN(c1ccccc1)S(C)(=O)=O. The molecule has 0 radical (unpaired) electrons. The lowest BCUT2D eigenvalue weighted by Crippen LogP contribution is -2.54. The van der Waals surface area contributed by atoms with E-state index in [4.69, 9.17) is 0 Å². The number of amides is 2. The molecule has 0 aromatic heterocycles. The number of sulfonamides is 1. The van der Waals surface area contributed by atoms with Crippen LogP contribution in [0.3, 0.4) is 0 Å². The molecule has 0 bridgehead atoms. The van der Waals surface area contributed by atoms with Crippen molar-refractivity contribution in [1.82, 2.24) is 10.2 Å². The zero-order valence-electron chi connectivity index (χ0n) is 19.0. The van der Waals surface area contributed by atoms with Crippen LogP contribution in [0.4, 0.5) is 5.69 Å². The standard InChI is InChI=1S/C23H30BrN3O4S/c1-17(22(29)25-23(2,3)4)26(15-18-10-9-11-19(24)14-18)21(28)16-27(32(5,30)31)20-12-7-6-8-13-20/h6-14,17H,15-16H2,1-5H3,(H,25,29)/t17-/m0/s1. The summed E-state index contributed by atoms with van der Waals surface area (Å²) in [5, 5.41) is 2.89. The van der Waals surface area contributed by atoms with Gasteiger partial charge >= 0.3 is 0 Å². The van der Waals surface area contributed by atoms with Gasteiger partial charge in [-0.15, -0.1) is 0 Å². The van der Waals surface area contributed by atoms with Crippen LogP contribution >= 0.6 is 15.9 Å². The van der Waals surface area contributed by atoms with Gasteiger partial charge in [0.25, 0.3) is 0 Å². The molecule has 0 aliphatic rings. The van der Waals surface area contributed by atoms with Gasteiger partial charge in [-0.25, -0.2) is 8.42 Å². The summed E-state index contributed by atoms with van der Waals surface area (Å²) in [6, 6.07) is 15.0. The molecule has 0 aliphatic carbocycles. The van der Waals surface area contributed by atoms with Crippen molar-refractivity contribution in [2.75, 3.05) is 17.1 Å². The predicted octanol–water partition coefficient (Wildman–Crippen LogP) is 3.55. The molecule has 2 aromatic rings. The second kappa shape index (κ2) is 10.5. The Bertz CT molecular complexity index is 1050.